The van der Waals surface area contributed by atoms with Crippen molar-refractivity contribution in [3.05, 3.63) is 60.9 Å². The van der Waals surface area contributed by atoms with Crippen LogP contribution in [0.3, 0.4) is 0 Å². The van der Waals surface area contributed by atoms with E-state index in [4.69, 9.17) is 9.47 Å². The van der Waals surface area contributed by atoms with Crippen molar-refractivity contribution in [1.29, 1.82) is 0 Å². The fourth-order valence-electron chi connectivity index (χ4n) is 2.70. The molecule has 2 amide bonds. The minimum Gasteiger partial charge on any atom is -0.454 e. The summed E-state index contributed by atoms with van der Waals surface area (Å²) in [5.41, 5.74) is 0.372. The van der Waals surface area contributed by atoms with Crippen LogP contribution in [-0.2, 0) is 19.4 Å². The van der Waals surface area contributed by atoms with E-state index in [0.717, 1.165) is 0 Å². The number of aromatic nitrogens is 1. The molecule has 0 saturated carbocycles. The van der Waals surface area contributed by atoms with Crippen LogP contribution < -0.4 is 20.1 Å². The molecule has 0 aliphatic carbocycles. The van der Waals surface area contributed by atoms with Gasteiger partial charge in [-0.2, -0.15) is 0 Å². The Morgan fingerprint density at radius 3 is 2.66 bits per heavy atom. The number of fused-ring (bicyclic) bond motifs is 1. The molecule has 1 atom stereocenters. The van der Waals surface area contributed by atoms with E-state index in [2.05, 4.69) is 22.2 Å². The Morgan fingerprint density at radius 1 is 1.17 bits per heavy atom. The highest BCUT2D eigenvalue weighted by atomic mass is 32.2. The van der Waals surface area contributed by atoms with Crippen LogP contribution in [0, 0.1) is 0 Å². The number of pyridine rings is 1. The van der Waals surface area contributed by atoms with Crippen LogP contribution in [0.15, 0.2) is 60.3 Å². The topological polar surface area (TPSA) is 124 Å². The van der Waals surface area contributed by atoms with Crippen LogP contribution in [0.25, 0.3) is 0 Å². The molecule has 0 fully saturated rings. The summed E-state index contributed by atoms with van der Waals surface area (Å²) in [6.45, 7) is 3.26. The minimum absolute atomic E-state index is 0.000890. The van der Waals surface area contributed by atoms with Crippen molar-refractivity contribution in [2.24, 2.45) is 0 Å². The van der Waals surface area contributed by atoms with E-state index in [0.29, 0.717) is 17.1 Å². The van der Waals surface area contributed by atoms with Gasteiger partial charge in [-0.3, -0.25) is 14.6 Å². The van der Waals surface area contributed by atoms with Gasteiger partial charge in [-0.05, 0) is 23.8 Å². The second-order valence-electron chi connectivity index (χ2n) is 6.04. The lowest BCUT2D eigenvalue weighted by Crippen LogP contribution is -2.42. The molecule has 10 heteroatoms. The number of ether oxygens (including phenoxy) is 2. The molecule has 0 saturated heterocycles. The standard InChI is InChI=1S/C19H19N3O6S/c1-2-7-21-18(23)19(24)22-11-17(13-4-3-8-20-10-13)29(25,26)14-5-6-15-16(9-14)28-12-27-15/h2-6,8-10,17H,1,7,11-12H2,(H,21,23)(H,22,24)/t17-/m1/s1. The number of hydrogen-bond donors (Lipinski definition) is 2. The van der Waals surface area contributed by atoms with Crippen molar-refractivity contribution in [2.45, 2.75) is 10.1 Å². The Balaban J connectivity index is 1.86. The lowest BCUT2D eigenvalue weighted by Gasteiger charge is -2.19. The molecule has 0 unspecified atom stereocenters. The van der Waals surface area contributed by atoms with E-state index >= 15 is 0 Å². The van der Waals surface area contributed by atoms with Gasteiger partial charge in [-0.1, -0.05) is 12.1 Å². The first kappa shape index (κ1) is 20.3. The molecule has 2 N–H and O–H groups in total. The number of carbonyl (C=O) groups is 2. The highest BCUT2D eigenvalue weighted by Crippen LogP contribution is 2.37. The van der Waals surface area contributed by atoms with Crippen LogP contribution in [-0.4, -0.2) is 45.1 Å². The molecule has 0 bridgehead atoms. The van der Waals surface area contributed by atoms with Crippen LogP contribution in [0.4, 0.5) is 0 Å². The molecule has 0 radical (unpaired) electrons. The van der Waals surface area contributed by atoms with Crippen LogP contribution >= 0.6 is 0 Å². The van der Waals surface area contributed by atoms with Gasteiger partial charge in [-0.25, -0.2) is 8.42 Å². The van der Waals surface area contributed by atoms with E-state index in [9.17, 15) is 18.0 Å². The highest BCUT2D eigenvalue weighted by molar-refractivity contribution is 7.91. The van der Waals surface area contributed by atoms with Crippen molar-refractivity contribution in [3.8, 4) is 11.5 Å². The maximum absolute atomic E-state index is 13.3. The molecule has 0 spiro atoms. The lowest BCUT2D eigenvalue weighted by molar-refractivity contribution is -0.139. The van der Waals surface area contributed by atoms with Gasteiger partial charge in [0.2, 0.25) is 6.79 Å². The summed E-state index contributed by atoms with van der Waals surface area (Å²) in [6, 6.07) is 7.48. The fourth-order valence-corrected chi connectivity index (χ4v) is 4.36. The molecule has 3 rings (SSSR count). The van der Waals surface area contributed by atoms with E-state index in [-0.39, 0.29) is 24.8 Å². The van der Waals surface area contributed by atoms with Gasteiger partial charge in [0.05, 0.1) is 4.90 Å². The fraction of sp³-hybridized carbons (Fsp3) is 0.211. The predicted molar refractivity (Wildman–Crippen MR) is 103 cm³/mol. The quantitative estimate of drug-likeness (QED) is 0.503. The Labute approximate surface area is 167 Å². The smallest absolute Gasteiger partial charge is 0.309 e. The molecule has 1 aromatic carbocycles. The molecule has 152 valence electrons. The molecule has 29 heavy (non-hydrogen) atoms. The van der Waals surface area contributed by atoms with Gasteiger partial charge in [0, 0.05) is 31.5 Å². The minimum atomic E-state index is -3.95. The maximum atomic E-state index is 13.3. The van der Waals surface area contributed by atoms with Crippen LogP contribution in [0.2, 0.25) is 0 Å². The first-order valence-corrected chi connectivity index (χ1v) is 10.2. The molecule has 2 aromatic rings. The molecular weight excluding hydrogens is 398 g/mol. The van der Waals surface area contributed by atoms with E-state index in [1.54, 1.807) is 12.1 Å². The number of carbonyl (C=O) groups excluding carboxylic acids is 2. The SMILES string of the molecule is C=CCNC(=O)C(=O)NC[C@H](c1cccnc1)S(=O)(=O)c1ccc2c(c1)OCO2. The average molecular weight is 417 g/mol. The molecule has 2 heterocycles. The number of amides is 2. The summed E-state index contributed by atoms with van der Waals surface area (Å²) >= 11 is 0. The van der Waals surface area contributed by atoms with Crippen molar-refractivity contribution in [2.75, 3.05) is 19.9 Å². The van der Waals surface area contributed by atoms with Crippen LogP contribution in [0.5, 0.6) is 11.5 Å². The van der Waals surface area contributed by atoms with Gasteiger partial charge >= 0.3 is 11.8 Å². The van der Waals surface area contributed by atoms with Crippen LogP contribution in [0.1, 0.15) is 10.8 Å². The van der Waals surface area contributed by atoms with E-state index in [1.165, 1.54) is 36.7 Å². The number of rotatable bonds is 7. The Hall–Kier alpha value is -3.40. The molecule has 1 aliphatic rings. The average Bonchev–Trinajstić information content (AvgIpc) is 3.20. The summed E-state index contributed by atoms with van der Waals surface area (Å²) in [4.78, 5) is 27.7. The Bertz CT molecular complexity index is 1020. The van der Waals surface area contributed by atoms with Gasteiger partial charge in [0.1, 0.15) is 5.25 Å². The van der Waals surface area contributed by atoms with Gasteiger partial charge in [-0.15, -0.1) is 6.58 Å². The maximum Gasteiger partial charge on any atom is 0.309 e. The van der Waals surface area contributed by atoms with Crippen molar-refractivity contribution >= 4 is 21.7 Å². The molecule has 1 aromatic heterocycles. The summed E-state index contributed by atoms with van der Waals surface area (Å²) in [6.07, 6.45) is 4.34. The number of hydrogen-bond acceptors (Lipinski definition) is 7. The summed E-state index contributed by atoms with van der Waals surface area (Å²) in [5, 5.41) is 3.54. The second kappa shape index (κ2) is 8.74. The van der Waals surface area contributed by atoms with Gasteiger partial charge < -0.3 is 20.1 Å². The van der Waals surface area contributed by atoms with Gasteiger partial charge in [0.25, 0.3) is 0 Å². The molecule has 9 nitrogen and oxygen atoms in total. The number of nitrogens with one attached hydrogen (secondary N) is 2. The zero-order valence-corrected chi connectivity index (χ0v) is 16.1. The van der Waals surface area contributed by atoms with Crippen molar-refractivity contribution < 1.29 is 27.5 Å². The van der Waals surface area contributed by atoms with Crippen molar-refractivity contribution in [3.63, 3.8) is 0 Å². The lowest BCUT2D eigenvalue weighted by atomic mass is 10.2. The zero-order chi connectivity index (χ0) is 20.9. The first-order chi connectivity index (χ1) is 13.9. The summed E-state index contributed by atoms with van der Waals surface area (Å²) in [5.74, 6) is -1.05. The number of nitrogens with zero attached hydrogens (tertiary/aromatic N) is 1. The summed E-state index contributed by atoms with van der Waals surface area (Å²) in [7, 11) is -3.95. The van der Waals surface area contributed by atoms with E-state index < -0.39 is 26.9 Å². The third kappa shape index (κ3) is 4.54. The normalized spacial score (nSPS) is 13.4. The van der Waals surface area contributed by atoms with Crippen molar-refractivity contribution in [1.82, 2.24) is 15.6 Å². The van der Waals surface area contributed by atoms with E-state index in [1.807, 2.05) is 0 Å². The zero-order valence-electron chi connectivity index (χ0n) is 15.3. The third-order valence-corrected chi connectivity index (χ3v) is 6.26. The first-order valence-electron chi connectivity index (χ1n) is 8.64. The second-order valence-corrected chi connectivity index (χ2v) is 8.17. The Morgan fingerprint density at radius 2 is 1.93 bits per heavy atom. The number of sulfone groups is 1. The highest BCUT2D eigenvalue weighted by Gasteiger charge is 2.32. The largest absolute Gasteiger partial charge is 0.454 e. The summed E-state index contributed by atoms with van der Waals surface area (Å²) < 4.78 is 37.1. The molecular formula is C19H19N3O6S. The molecule has 1 aliphatic heterocycles. The predicted octanol–water partition coefficient (Wildman–Crippen LogP) is 0.744. The monoisotopic (exact) mass is 417 g/mol. The third-order valence-electron chi connectivity index (χ3n) is 4.16. The Kier molecular flexibility index (Phi) is 6.13. The van der Waals surface area contributed by atoms with Gasteiger partial charge in [0.15, 0.2) is 21.3 Å². The number of benzene rings is 1.